The summed E-state index contributed by atoms with van der Waals surface area (Å²) in [5.41, 5.74) is 0. The van der Waals surface area contributed by atoms with Gasteiger partial charge in [-0.1, -0.05) is 0 Å². The Morgan fingerprint density at radius 3 is 2.32 bits per heavy atom. The number of halogens is 3. The van der Waals surface area contributed by atoms with Gasteiger partial charge in [-0.25, -0.2) is 8.78 Å². The second-order valence-corrected chi connectivity index (χ2v) is 4.42. The lowest BCUT2D eigenvalue weighted by molar-refractivity contribution is 0.207. The van der Waals surface area contributed by atoms with Crippen LogP contribution in [0.1, 0.15) is 12.8 Å². The lowest BCUT2D eigenvalue weighted by Crippen LogP contribution is -2.30. The highest BCUT2D eigenvalue weighted by atomic mass is 35.5. The average Bonchev–Trinajstić information content (AvgIpc) is 2.41. The van der Waals surface area contributed by atoms with Gasteiger partial charge >= 0.3 is 0 Å². The summed E-state index contributed by atoms with van der Waals surface area (Å²) in [5.74, 6) is -0.918. The van der Waals surface area contributed by atoms with Crippen LogP contribution in [0.25, 0.3) is 0 Å². The highest BCUT2D eigenvalue weighted by Gasteiger charge is 2.16. The van der Waals surface area contributed by atoms with Gasteiger partial charge in [-0.2, -0.15) is 0 Å². The van der Waals surface area contributed by atoms with E-state index in [0.29, 0.717) is 12.5 Å². The highest BCUT2D eigenvalue weighted by molar-refractivity contribution is 5.85. The summed E-state index contributed by atoms with van der Waals surface area (Å²) in [7, 11) is 1.41. The Balaban J connectivity index is 0.00000180. The molecule has 1 fully saturated rings. The van der Waals surface area contributed by atoms with Gasteiger partial charge < -0.3 is 14.8 Å². The fourth-order valence-corrected chi connectivity index (χ4v) is 2.04. The molecule has 2 rings (SSSR count). The van der Waals surface area contributed by atoms with E-state index < -0.39 is 11.6 Å². The minimum absolute atomic E-state index is 0. The van der Waals surface area contributed by atoms with Crippen molar-refractivity contribution in [2.24, 2.45) is 5.92 Å². The maximum absolute atomic E-state index is 13.1. The van der Waals surface area contributed by atoms with Crippen LogP contribution in [-0.4, -0.2) is 26.8 Å². The topological polar surface area (TPSA) is 30.5 Å². The van der Waals surface area contributed by atoms with Crippen LogP contribution >= 0.6 is 12.4 Å². The smallest absolute Gasteiger partial charge is 0.164 e. The Bertz CT molecular complexity index is 412. The van der Waals surface area contributed by atoms with Crippen molar-refractivity contribution in [2.75, 3.05) is 26.8 Å². The molecule has 0 saturated carbocycles. The third-order valence-corrected chi connectivity index (χ3v) is 3.14. The van der Waals surface area contributed by atoms with E-state index in [1.165, 1.54) is 7.11 Å². The van der Waals surface area contributed by atoms with Gasteiger partial charge in [-0.05, 0) is 31.8 Å². The monoisotopic (exact) mass is 293 g/mol. The molecule has 3 nitrogen and oxygen atoms in total. The van der Waals surface area contributed by atoms with Crippen molar-refractivity contribution in [1.82, 2.24) is 5.32 Å². The second-order valence-electron chi connectivity index (χ2n) is 4.42. The SMILES string of the molecule is COc1cc(F)c(F)cc1OCC1CCNCC1.Cl. The van der Waals surface area contributed by atoms with Gasteiger partial charge in [-0.3, -0.25) is 0 Å². The average molecular weight is 294 g/mol. The van der Waals surface area contributed by atoms with Crippen molar-refractivity contribution in [3.63, 3.8) is 0 Å². The molecule has 1 aliphatic heterocycles. The first-order valence-electron chi connectivity index (χ1n) is 6.07. The molecule has 1 aliphatic rings. The molecule has 1 heterocycles. The van der Waals surface area contributed by atoms with E-state index in [-0.39, 0.29) is 23.9 Å². The summed E-state index contributed by atoms with van der Waals surface area (Å²) in [4.78, 5) is 0. The maximum atomic E-state index is 13.1. The summed E-state index contributed by atoms with van der Waals surface area (Å²) < 4.78 is 36.7. The zero-order valence-electron chi connectivity index (χ0n) is 10.7. The summed E-state index contributed by atoms with van der Waals surface area (Å²) in [6.07, 6.45) is 2.07. The maximum Gasteiger partial charge on any atom is 0.164 e. The Kier molecular flexibility index (Phi) is 6.31. The second kappa shape index (κ2) is 7.50. The lowest BCUT2D eigenvalue weighted by Gasteiger charge is -2.23. The zero-order chi connectivity index (χ0) is 13.0. The molecule has 0 aromatic heterocycles. The molecule has 1 N–H and O–H groups in total. The number of methoxy groups -OCH3 is 1. The van der Waals surface area contributed by atoms with Crippen LogP contribution in [-0.2, 0) is 0 Å². The van der Waals surface area contributed by atoms with E-state index in [4.69, 9.17) is 9.47 Å². The molecule has 1 aromatic carbocycles. The van der Waals surface area contributed by atoms with Crippen molar-refractivity contribution in [3.05, 3.63) is 23.8 Å². The Hall–Kier alpha value is -1.07. The number of hydrogen-bond acceptors (Lipinski definition) is 3. The zero-order valence-corrected chi connectivity index (χ0v) is 11.6. The van der Waals surface area contributed by atoms with Gasteiger partial charge in [0, 0.05) is 12.1 Å². The fourth-order valence-electron chi connectivity index (χ4n) is 2.04. The number of benzene rings is 1. The molecule has 1 saturated heterocycles. The van der Waals surface area contributed by atoms with Gasteiger partial charge in [0.25, 0.3) is 0 Å². The fraction of sp³-hybridized carbons (Fsp3) is 0.538. The van der Waals surface area contributed by atoms with Crippen molar-refractivity contribution in [1.29, 1.82) is 0 Å². The Morgan fingerprint density at radius 2 is 1.74 bits per heavy atom. The summed E-state index contributed by atoms with van der Waals surface area (Å²) >= 11 is 0. The largest absolute Gasteiger partial charge is 0.493 e. The predicted octanol–water partition coefficient (Wildman–Crippen LogP) is 2.77. The first kappa shape index (κ1) is 16.0. The molecule has 0 spiro atoms. The predicted molar refractivity (Wildman–Crippen MR) is 71.2 cm³/mol. The van der Waals surface area contributed by atoms with Crippen molar-refractivity contribution in [3.8, 4) is 11.5 Å². The highest BCUT2D eigenvalue weighted by Crippen LogP contribution is 2.30. The van der Waals surface area contributed by atoms with Crippen molar-refractivity contribution < 1.29 is 18.3 Å². The molecule has 0 aliphatic carbocycles. The van der Waals surface area contributed by atoms with E-state index in [1.807, 2.05) is 0 Å². The molecule has 0 radical (unpaired) electrons. The Morgan fingerprint density at radius 1 is 1.16 bits per heavy atom. The molecule has 1 aromatic rings. The van der Waals surface area contributed by atoms with Crippen LogP contribution in [0, 0.1) is 17.6 Å². The lowest BCUT2D eigenvalue weighted by atomic mass is 9.99. The first-order chi connectivity index (χ1) is 8.70. The van der Waals surface area contributed by atoms with E-state index in [2.05, 4.69) is 5.32 Å². The minimum Gasteiger partial charge on any atom is -0.493 e. The molecule has 6 heteroatoms. The van der Waals surface area contributed by atoms with Crippen LogP contribution < -0.4 is 14.8 Å². The van der Waals surface area contributed by atoms with Crippen LogP contribution in [0.2, 0.25) is 0 Å². The third-order valence-electron chi connectivity index (χ3n) is 3.14. The minimum atomic E-state index is -0.930. The van der Waals surface area contributed by atoms with E-state index in [9.17, 15) is 8.78 Å². The third kappa shape index (κ3) is 4.21. The number of rotatable bonds is 4. The van der Waals surface area contributed by atoms with Crippen LogP contribution in [0.4, 0.5) is 8.78 Å². The van der Waals surface area contributed by atoms with Gasteiger partial charge in [0.1, 0.15) is 0 Å². The standard InChI is InChI=1S/C13H17F2NO2.ClH/c1-17-12-6-10(14)11(15)7-13(12)18-8-9-2-4-16-5-3-9;/h6-7,9,16H,2-5,8H2,1H3;1H. The summed E-state index contributed by atoms with van der Waals surface area (Å²) in [5, 5.41) is 3.26. The molecule has 0 unspecified atom stereocenters. The number of nitrogens with one attached hydrogen (secondary N) is 1. The van der Waals surface area contributed by atoms with E-state index in [0.717, 1.165) is 38.1 Å². The molecule has 108 valence electrons. The number of piperidine rings is 1. The Labute approximate surface area is 117 Å². The van der Waals surface area contributed by atoms with Crippen molar-refractivity contribution >= 4 is 12.4 Å². The van der Waals surface area contributed by atoms with Gasteiger partial charge in [0.05, 0.1) is 13.7 Å². The molecule has 19 heavy (non-hydrogen) atoms. The van der Waals surface area contributed by atoms with Crippen LogP contribution in [0.3, 0.4) is 0 Å². The first-order valence-corrected chi connectivity index (χ1v) is 6.07. The molecular formula is C13H18ClF2NO2. The normalized spacial score (nSPS) is 15.7. The molecule has 0 atom stereocenters. The molecule has 0 amide bonds. The summed E-state index contributed by atoms with van der Waals surface area (Å²) in [6.45, 7) is 2.45. The van der Waals surface area contributed by atoms with Crippen LogP contribution in [0.5, 0.6) is 11.5 Å². The quantitative estimate of drug-likeness (QED) is 0.926. The van der Waals surface area contributed by atoms with E-state index >= 15 is 0 Å². The number of ether oxygens (including phenoxy) is 2. The van der Waals surface area contributed by atoms with Gasteiger partial charge in [-0.15, -0.1) is 12.4 Å². The molecular weight excluding hydrogens is 276 g/mol. The molecule has 0 bridgehead atoms. The van der Waals surface area contributed by atoms with Crippen LogP contribution in [0.15, 0.2) is 12.1 Å². The van der Waals surface area contributed by atoms with Gasteiger partial charge in [0.15, 0.2) is 23.1 Å². The summed E-state index contributed by atoms with van der Waals surface area (Å²) in [6, 6.07) is 2.04. The van der Waals surface area contributed by atoms with Crippen molar-refractivity contribution in [2.45, 2.75) is 12.8 Å². The number of hydrogen-bond donors (Lipinski definition) is 1. The van der Waals surface area contributed by atoms with Gasteiger partial charge in [0.2, 0.25) is 0 Å². The van der Waals surface area contributed by atoms with E-state index in [1.54, 1.807) is 0 Å².